The highest BCUT2D eigenvalue weighted by atomic mass is 79.9. The normalized spacial score (nSPS) is 10.4. The van der Waals surface area contributed by atoms with Crippen LogP contribution >= 0.6 is 15.9 Å². The second-order valence-electron chi connectivity index (χ2n) is 2.83. The highest BCUT2D eigenvalue weighted by Gasteiger charge is 2.08. The van der Waals surface area contributed by atoms with Gasteiger partial charge in [0.15, 0.2) is 11.5 Å². The van der Waals surface area contributed by atoms with Crippen molar-refractivity contribution in [3.8, 4) is 11.5 Å². The number of rotatable bonds is 4. The first-order valence-corrected chi connectivity index (χ1v) is 5.11. The third-order valence-electron chi connectivity index (χ3n) is 1.88. The van der Waals surface area contributed by atoms with Gasteiger partial charge in [0.1, 0.15) is 0 Å². The van der Waals surface area contributed by atoms with E-state index in [1.165, 1.54) is 20.3 Å². The molecule has 0 aliphatic rings. The first-order valence-electron chi connectivity index (χ1n) is 4.31. The summed E-state index contributed by atoms with van der Waals surface area (Å²) in [6, 6.07) is 3.35. The molecule has 0 atom stereocenters. The maximum Gasteiger partial charge on any atom is 0.235 e. The van der Waals surface area contributed by atoms with E-state index >= 15 is 0 Å². The zero-order valence-electron chi connectivity index (χ0n) is 8.77. The molecule has 0 heterocycles. The smallest absolute Gasteiger partial charge is 0.235 e. The van der Waals surface area contributed by atoms with Gasteiger partial charge in [-0.05, 0) is 17.7 Å². The van der Waals surface area contributed by atoms with E-state index in [1.54, 1.807) is 12.1 Å². The molecule has 1 aromatic rings. The number of hydrogen-bond acceptors (Lipinski definition) is 4. The van der Waals surface area contributed by atoms with E-state index in [0.717, 1.165) is 6.20 Å². The van der Waals surface area contributed by atoms with E-state index in [9.17, 15) is 10.1 Å². The summed E-state index contributed by atoms with van der Waals surface area (Å²) in [5.74, 6) is 1.08. The van der Waals surface area contributed by atoms with Gasteiger partial charge < -0.3 is 9.47 Å². The number of halogens is 1. The molecule has 0 aromatic heterocycles. The predicted molar refractivity (Wildman–Crippen MR) is 63.3 cm³/mol. The quantitative estimate of drug-likeness (QED) is 0.631. The minimum Gasteiger partial charge on any atom is -0.493 e. The van der Waals surface area contributed by atoms with Crippen LogP contribution in [0.25, 0.3) is 6.08 Å². The Kier molecular flexibility index (Phi) is 4.30. The Labute approximate surface area is 101 Å². The summed E-state index contributed by atoms with van der Waals surface area (Å²) in [6.45, 7) is 0. The fourth-order valence-corrected chi connectivity index (χ4v) is 1.59. The van der Waals surface area contributed by atoms with Crippen LogP contribution in [0.4, 0.5) is 0 Å². The van der Waals surface area contributed by atoms with Gasteiger partial charge in [0.25, 0.3) is 0 Å². The molecule has 0 bridgehead atoms. The Hall–Kier alpha value is -1.56. The molecule has 5 nitrogen and oxygen atoms in total. The van der Waals surface area contributed by atoms with Crippen molar-refractivity contribution in [3.05, 3.63) is 38.5 Å². The lowest BCUT2D eigenvalue weighted by atomic mass is 10.2. The van der Waals surface area contributed by atoms with Gasteiger partial charge in [-0.1, -0.05) is 15.9 Å². The van der Waals surface area contributed by atoms with Gasteiger partial charge in [0.05, 0.1) is 19.1 Å². The Balaban J connectivity index is 3.16. The first-order chi connectivity index (χ1) is 7.58. The Bertz CT molecular complexity index is 431. The van der Waals surface area contributed by atoms with Gasteiger partial charge in [-0.25, -0.2) is 0 Å². The molecular formula is C10H10BrNO4. The zero-order chi connectivity index (χ0) is 12.1. The van der Waals surface area contributed by atoms with Crippen LogP contribution in [0, 0.1) is 10.1 Å². The van der Waals surface area contributed by atoms with Crippen molar-refractivity contribution in [2.24, 2.45) is 0 Å². The van der Waals surface area contributed by atoms with Crippen molar-refractivity contribution in [2.75, 3.05) is 14.2 Å². The molecule has 0 radical (unpaired) electrons. The summed E-state index contributed by atoms with van der Waals surface area (Å²) in [5, 5.41) is 10.2. The molecule has 0 fully saturated rings. The lowest BCUT2D eigenvalue weighted by Gasteiger charge is -2.09. The van der Waals surface area contributed by atoms with E-state index < -0.39 is 4.92 Å². The van der Waals surface area contributed by atoms with Gasteiger partial charge in [0.2, 0.25) is 6.20 Å². The van der Waals surface area contributed by atoms with Crippen molar-refractivity contribution in [3.63, 3.8) is 0 Å². The van der Waals surface area contributed by atoms with E-state index in [0.29, 0.717) is 21.5 Å². The van der Waals surface area contributed by atoms with Crippen LogP contribution in [-0.2, 0) is 0 Å². The molecule has 0 unspecified atom stereocenters. The van der Waals surface area contributed by atoms with Gasteiger partial charge in [0, 0.05) is 10.5 Å². The Morgan fingerprint density at radius 2 is 1.88 bits per heavy atom. The molecule has 0 aliphatic heterocycles. The zero-order valence-corrected chi connectivity index (χ0v) is 10.4. The lowest BCUT2D eigenvalue weighted by Crippen LogP contribution is -1.92. The summed E-state index contributed by atoms with van der Waals surface area (Å²) in [4.78, 5) is 9.68. The van der Waals surface area contributed by atoms with Crippen molar-refractivity contribution < 1.29 is 14.4 Å². The predicted octanol–water partition coefficient (Wildman–Crippen LogP) is 2.71. The molecule has 86 valence electrons. The molecule has 0 N–H and O–H groups in total. The topological polar surface area (TPSA) is 61.6 Å². The molecule has 16 heavy (non-hydrogen) atoms. The molecule has 1 rings (SSSR count). The lowest BCUT2D eigenvalue weighted by molar-refractivity contribution is -0.400. The summed E-state index contributed by atoms with van der Waals surface area (Å²) in [5.41, 5.74) is 0.648. The molecular weight excluding hydrogens is 278 g/mol. The van der Waals surface area contributed by atoms with Crippen LogP contribution in [0.2, 0.25) is 0 Å². The Morgan fingerprint density at radius 1 is 1.31 bits per heavy atom. The van der Waals surface area contributed by atoms with Crippen molar-refractivity contribution in [1.29, 1.82) is 0 Å². The van der Waals surface area contributed by atoms with Crippen molar-refractivity contribution in [2.45, 2.75) is 0 Å². The Morgan fingerprint density at radius 3 is 2.38 bits per heavy atom. The summed E-state index contributed by atoms with van der Waals surface area (Å²) in [6.07, 6.45) is 2.25. The van der Waals surface area contributed by atoms with Gasteiger partial charge >= 0.3 is 0 Å². The maximum absolute atomic E-state index is 10.2. The molecule has 1 aromatic carbocycles. The number of nitrogens with zero attached hydrogens (tertiary/aromatic N) is 1. The van der Waals surface area contributed by atoms with Crippen LogP contribution in [0.1, 0.15) is 5.56 Å². The average molecular weight is 288 g/mol. The second-order valence-corrected chi connectivity index (χ2v) is 3.68. The first kappa shape index (κ1) is 12.5. The molecule has 0 saturated heterocycles. The van der Waals surface area contributed by atoms with E-state index in [1.807, 2.05) is 0 Å². The maximum atomic E-state index is 10.2. The van der Waals surface area contributed by atoms with E-state index in [-0.39, 0.29) is 0 Å². The molecule has 0 spiro atoms. The minimum atomic E-state index is -0.525. The van der Waals surface area contributed by atoms with E-state index in [2.05, 4.69) is 15.9 Å². The number of hydrogen-bond donors (Lipinski definition) is 0. The standard InChI is InChI=1S/C10H10BrNO4/c1-15-9-5-7(3-4-12(13)14)8(11)6-10(9)16-2/h3-6H,1-2H3. The van der Waals surface area contributed by atoms with Crippen LogP contribution in [0.15, 0.2) is 22.8 Å². The largest absolute Gasteiger partial charge is 0.493 e. The highest BCUT2D eigenvalue weighted by molar-refractivity contribution is 9.10. The highest BCUT2D eigenvalue weighted by Crippen LogP contribution is 2.33. The number of ether oxygens (including phenoxy) is 2. The third-order valence-corrected chi connectivity index (χ3v) is 2.57. The number of nitro groups is 1. The minimum absolute atomic E-state index is 0.522. The molecule has 0 aliphatic carbocycles. The summed E-state index contributed by atoms with van der Waals surface area (Å²) >= 11 is 3.29. The van der Waals surface area contributed by atoms with Crippen LogP contribution in [0.5, 0.6) is 11.5 Å². The fourth-order valence-electron chi connectivity index (χ4n) is 1.14. The molecule has 6 heteroatoms. The van der Waals surface area contributed by atoms with Gasteiger partial charge in [-0.3, -0.25) is 10.1 Å². The van der Waals surface area contributed by atoms with Crippen LogP contribution in [-0.4, -0.2) is 19.1 Å². The van der Waals surface area contributed by atoms with Crippen LogP contribution < -0.4 is 9.47 Å². The SMILES string of the molecule is COc1cc(Br)c(C=C[N+](=O)[O-])cc1OC. The number of benzene rings is 1. The van der Waals surface area contributed by atoms with Gasteiger partial charge in [-0.2, -0.15) is 0 Å². The van der Waals surface area contributed by atoms with Crippen molar-refractivity contribution >= 4 is 22.0 Å². The fraction of sp³-hybridized carbons (Fsp3) is 0.200. The average Bonchev–Trinajstić information content (AvgIpc) is 2.26. The summed E-state index contributed by atoms with van der Waals surface area (Å²) < 4.78 is 10.9. The monoisotopic (exact) mass is 287 g/mol. The molecule has 0 saturated carbocycles. The van der Waals surface area contributed by atoms with Crippen LogP contribution in [0.3, 0.4) is 0 Å². The van der Waals surface area contributed by atoms with Gasteiger partial charge in [-0.15, -0.1) is 0 Å². The molecule has 0 amide bonds. The van der Waals surface area contributed by atoms with Crippen molar-refractivity contribution in [1.82, 2.24) is 0 Å². The van der Waals surface area contributed by atoms with E-state index in [4.69, 9.17) is 9.47 Å². The number of methoxy groups -OCH3 is 2. The second kappa shape index (κ2) is 5.50. The third kappa shape index (κ3) is 2.96. The summed E-state index contributed by atoms with van der Waals surface area (Å²) in [7, 11) is 3.03.